The molecule has 0 fully saturated rings. The van der Waals surface area contributed by atoms with Crippen molar-refractivity contribution in [3.63, 3.8) is 0 Å². The zero-order chi connectivity index (χ0) is 52.2. The predicted molar refractivity (Wildman–Crippen MR) is 242 cm³/mol. The minimum atomic E-state index is -5.41. The molecule has 0 radical (unpaired) electrons. The summed E-state index contributed by atoms with van der Waals surface area (Å²) in [6.45, 7) is -1.12. The molecule has 25 heteroatoms. The number of ether oxygens (including phenoxy) is 1. The van der Waals surface area contributed by atoms with Gasteiger partial charge >= 0.3 is 12.4 Å². The van der Waals surface area contributed by atoms with Gasteiger partial charge in [-0.1, -0.05) is 23.2 Å². The lowest BCUT2D eigenvalue weighted by molar-refractivity contribution is -0.139. The third-order valence-corrected chi connectivity index (χ3v) is 13.0. The number of alkyl halides is 6. The van der Waals surface area contributed by atoms with Crippen LogP contribution in [-0.2, 0) is 17.1 Å². The van der Waals surface area contributed by atoms with E-state index in [1.807, 2.05) is 0 Å². The van der Waals surface area contributed by atoms with Crippen molar-refractivity contribution in [1.82, 2.24) is 10.6 Å². The van der Waals surface area contributed by atoms with Gasteiger partial charge in [-0.25, -0.2) is 17.6 Å². The Morgan fingerprint density at radius 2 is 1.18 bits per heavy atom. The Bertz CT molecular complexity index is 3470. The summed E-state index contributed by atoms with van der Waals surface area (Å²) in [5.41, 5.74) is -8.12. The molecule has 0 bridgehead atoms. The topological polar surface area (TPSA) is 179 Å². The number of hydrogen-bond acceptors (Lipinski definition) is 8. The minimum Gasteiger partial charge on any atom is -0.489 e. The highest BCUT2D eigenvalue weighted by Gasteiger charge is 2.44. The Morgan fingerprint density at radius 3 is 1.75 bits per heavy atom. The summed E-state index contributed by atoms with van der Waals surface area (Å²) in [6.07, 6.45) is -10.5. The molecule has 0 saturated carbocycles. The number of rotatable bonds is 7. The van der Waals surface area contributed by atoms with E-state index in [0.717, 1.165) is 36.4 Å². The van der Waals surface area contributed by atoms with E-state index in [4.69, 9.17) is 27.9 Å². The molecule has 13 nitrogen and oxygen atoms in total. The van der Waals surface area contributed by atoms with Gasteiger partial charge in [-0.3, -0.25) is 24.0 Å². The van der Waals surface area contributed by atoms with Crippen molar-refractivity contribution < 1.29 is 72.6 Å². The molecule has 73 heavy (non-hydrogen) atoms. The van der Waals surface area contributed by atoms with Gasteiger partial charge < -0.3 is 42.0 Å². The normalized spacial score (nSPS) is 17.6. The molecular formula is C48H27Cl2F10N7O6. The van der Waals surface area contributed by atoms with Crippen LogP contribution in [0.3, 0.4) is 0 Å². The van der Waals surface area contributed by atoms with E-state index >= 15 is 17.6 Å². The highest BCUT2D eigenvalue weighted by atomic mass is 35.5. The first-order chi connectivity index (χ1) is 34.4. The standard InChI is InChI=1S/C48H27Cl2F10N7O6/c49-25-3-1-19(51)10-22(25)39-35-28(12-30-41(37(35)45(71)66-39)65-33(68)14-61-30)63-44(70)17-7-24(48(58,59)60)34(27(54)8-17)31-15-73-32-13-29(64-43(69)16-5-18(47(55,56)57)9-21(53)6-16)36-38(42(32)62-31)46(72)67-40(36)23-11-20(52)2-4-26(23)50/h1-13,31,39-40,61-62H,14-15H2,(H,63,70)(H,64,69)(H,65,68)(H,66,71)(H,67,72). The summed E-state index contributed by atoms with van der Waals surface area (Å²) >= 11 is 12.8. The van der Waals surface area contributed by atoms with Gasteiger partial charge in [0, 0.05) is 60.7 Å². The first-order valence-electron chi connectivity index (χ1n) is 21.2. The molecule has 0 saturated heterocycles. The highest BCUT2D eigenvalue weighted by molar-refractivity contribution is 6.32. The van der Waals surface area contributed by atoms with Crippen LogP contribution in [0.2, 0.25) is 10.0 Å². The van der Waals surface area contributed by atoms with Gasteiger partial charge in [0.25, 0.3) is 23.6 Å². The number of benzene rings is 6. The van der Waals surface area contributed by atoms with Gasteiger partial charge in [-0.05, 0) is 72.8 Å². The second-order valence-corrected chi connectivity index (χ2v) is 17.6. The minimum absolute atomic E-state index is 0.00189. The Balaban J connectivity index is 1.03. The highest BCUT2D eigenvalue weighted by Crippen LogP contribution is 2.51. The number of anilines is 5. The molecule has 10 rings (SSSR count). The summed E-state index contributed by atoms with van der Waals surface area (Å²) < 4.78 is 152. The fraction of sp³-hybridized carbons (Fsp3) is 0.146. The number of carbonyl (C=O) groups excluding carboxylic acids is 5. The number of hydrogen-bond donors (Lipinski definition) is 7. The van der Waals surface area contributed by atoms with Crippen LogP contribution < -0.4 is 42.0 Å². The maximum atomic E-state index is 16.6. The van der Waals surface area contributed by atoms with E-state index in [0.29, 0.717) is 24.3 Å². The molecule has 4 aliphatic rings. The van der Waals surface area contributed by atoms with E-state index in [1.54, 1.807) is 0 Å². The summed E-state index contributed by atoms with van der Waals surface area (Å²) in [4.78, 5) is 67.5. The van der Waals surface area contributed by atoms with Gasteiger partial charge in [0.15, 0.2) is 0 Å². The van der Waals surface area contributed by atoms with Crippen molar-refractivity contribution >= 4 is 81.2 Å². The molecule has 3 atom stereocenters. The van der Waals surface area contributed by atoms with Crippen LogP contribution in [0.1, 0.15) is 98.5 Å². The van der Waals surface area contributed by atoms with E-state index in [2.05, 4.69) is 37.2 Å². The molecule has 4 heterocycles. The fourth-order valence-corrected chi connectivity index (χ4v) is 9.63. The van der Waals surface area contributed by atoms with Gasteiger partial charge in [0.05, 0.1) is 69.7 Å². The van der Waals surface area contributed by atoms with Crippen LogP contribution in [0, 0.1) is 23.3 Å². The number of carbonyl (C=O) groups is 5. The Labute approximate surface area is 412 Å². The second-order valence-electron chi connectivity index (χ2n) is 16.8. The lowest BCUT2D eigenvalue weighted by Gasteiger charge is -2.32. The van der Waals surface area contributed by atoms with Crippen LogP contribution in [0.15, 0.2) is 78.9 Å². The van der Waals surface area contributed by atoms with Crippen LogP contribution in [0.5, 0.6) is 5.75 Å². The van der Waals surface area contributed by atoms with Gasteiger partial charge in [-0.2, -0.15) is 26.3 Å². The first-order valence-corrected chi connectivity index (χ1v) is 22.0. The van der Waals surface area contributed by atoms with Crippen LogP contribution in [0.4, 0.5) is 72.3 Å². The summed E-state index contributed by atoms with van der Waals surface area (Å²) in [5.74, 6) is -10.1. The predicted octanol–water partition coefficient (Wildman–Crippen LogP) is 10.7. The van der Waals surface area contributed by atoms with E-state index in [1.165, 1.54) is 12.1 Å². The zero-order valence-corrected chi connectivity index (χ0v) is 37.6. The van der Waals surface area contributed by atoms with Gasteiger partial charge in [0.2, 0.25) is 5.91 Å². The summed E-state index contributed by atoms with van der Waals surface area (Å²) in [5, 5.41) is 17.7. The number of fused-ring (bicyclic) bond motifs is 6. The van der Waals surface area contributed by atoms with E-state index in [-0.39, 0.29) is 79.0 Å². The van der Waals surface area contributed by atoms with Crippen molar-refractivity contribution in [2.45, 2.75) is 30.5 Å². The average Bonchev–Trinajstić information content (AvgIpc) is 3.86. The van der Waals surface area contributed by atoms with Gasteiger partial charge in [-0.15, -0.1) is 0 Å². The number of nitrogens with one attached hydrogen (secondary N) is 7. The monoisotopic (exact) mass is 1060 g/mol. The molecule has 7 N–H and O–H groups in total. The lowest BCUT2D eigenvalue weighted by atomic mass is 9.92. The quantitative estimate of drug-likeness (QED) is 0.0772. The molecule has 0 spiro atoms. The summed E-state index contributed by atoms with van der Waals surface area (Å²) in [6, 6.07) is 5.77. The summed E-state index contributed by atoms with van der Waals surface area (Å²) in [7, 11) is 0. The fourth-order valence-electron chi connectivity index (χ4n) is 9.18. The van der Waals surface area contributed by atoms with Crippen molar-refractivity contribution in [3.8, 4) is 5.75 Å². The molecule has 0 aromatic heterocycles. The van der Waals surface area contributed by atoms with Crippen LogP contribution >= 0.6 is 23.2 Å². The number of halogens is 12. The SMILES string of the molecule is O=C1CNc2cc(NC(=O)c3cc(F)c(C4COc5cc(NC(=O)c6cc(F)cc(C(F)(F)F)c6)c6c(c5N4)C(=O)NC6c4cc(F)ccc4Cl)c(C(F)(F)F)c3)c3c(c2N1)C(=O)NC3c1cc(F)ccc1Cl. The second kappa shape index (κ2) is 17.6. The molecule has 6 aromatic carbocycles. The van der Waals surface area contributed by atoms with E-state index in [9.17, 15) is 50.3 Å². The lowest BCUT2D eigenvalue weighted by Crippen LogP contribution is -2.30. The Morgan fingerprint density at radius 1 is 0.616 bits per heavy atom. The molecular weight excluding hydrogens is 1030 g/mol. The largest absolute Gasteiger partial charge is 0.489 e. The van der Waals surface area contributed by atoms with Gasteiger partial charge in [0.1, 0.15) is 35.6 Å². The Kier molecular flexibility index (Phi) is 11.7. The van der Waals surface area contributed by atoms with Crippen molar-refractivity contribution in [1.29, 1.82) is 0 Å². The van der Waals surface area contributed by atoms with Crippen LogP contribution in [-0.4, -0.2) is 42.7 Å². The zero-order valence-electron chi connectivity index (χ0n) is 36.1. The molecule has 6 aromatic rings. The maximum absolute atomic E-state index is 16.6. The van der Waals surface area contributed by atoms with Crippen molar-refractivity contribution in [2.75, 3.05) is 39.7 Å². The smallest absolute Gasteiger partial charge is 0.416 e. The van der Waals surface area contributed by atoms with E-state index < -0.39 is 129 Å². The third-order valence-electron chi connectivity index (χ3n) is 12.3. The Hall–Kier alpha value is -8.05. The third kappa shape index (κ3) is 8.70. The molecule has 4 aliphatic heterocycles. The van der Waals surface area contributed by atoms with Crippen LogP contribution in [0.25, 0.3) is 0 Å². The van der Waals surface area contributed by atoms with Crippen molar-refractivity contribution in [3.05, 3.63) is 173 Å². The number of amides is 5. The average molecular weight is 1060 g/mol. The molecule has 374 valence electrons. The molecule has 5 amide bonds. The molecule has 0 aliphatic carbocycles. The first kappa shape index (κ1) is 48.6. The van der Waals surface area contributed by atoms with Crippen molar-refractivity contribution in [2.24, 2.45) is 0 Å². The maximum Gasteiger partial charge on any atom is 0.416 e. The molecule has 3 unspecified atom stereocenters.